The first-order valence-electron chi connectivity index (χ1n) is 10.4. The lowest BCUT2D eigenvalue weighted by Crippen LogP contribution is -2.17. The van der Waals surface area contributed by atoms with E-state index in [1.165, 1.54) is 18.9 Å². The normalized spacial score (nSPS) is 10.5. The summed E-state index contributed by atoms with van der Waals surface area (Å²) in [5.74, 6) is 0.520. The molecule has 4 rings (SSSR count). The number of methoxy groups -OCH3 is 2. The SMILES string of the molecule is COC(=O)c1ccccc1NC(=O)CSc1nnc(-c2ccccc2OC)n1-c1ccccc1. The second kappa shape index (κ2) is 10.7. The van der Waals surface area contributed by atoms with Gasteiger partial charge in [0.05, 0.1) is 36.8 Å². The number of nitrogens with zero attached hydrogens (tertiary/aromatic N) is 3. The number of carbonyl (C=O) groups excluding carboxylic acids is 2. The fourth-order valence-corrected chi connectivity index (χ4v) is 4.13. The molecule has 4 aromatic rings. The number of amides is 1. The molecule has 0 saturated carbocycles. The van der Waals surface area contributed by atoms with Crippen LogP contribution in [0.3, 0.4) is 0 Å². The number of ether oxygens (including phenoxy) is 2. The highest BCUT2D eigenvalue weighted by atomic mass is 32.2. The average molecular weight is 475 g/mol. The third-order valence-corrected chi connectivity index (χ3v) is 5.86. The van der Waals surface area contributed by atoms with Crippen LogP contribution in [0.1, 0.15) is 10.4 Å². The zero-order chi connectivity index (χ0) is 23.9. The van der Waals surface area contributed by atoms with Gasteiger partial charge in [-0.3, -0.25) is 9.36 Å². The molecule has 0 fully saturated rings. The smallest absolute Gasteiger partial charge is 0.339 e. The molecule has 8 nitrogen and oxygen atoms in total. The fourth-order valence-electron chi connectivity index (χ4n) is 3.37. The van der Waals surface area contributed by atoms with Crippen LogP contribution < -0.4 is 10.1 Å². The van der Waals surface area contributed by atoms with Crippen LogP contribution >= 0.6 is 11.8 Å². The summed E-state index contributed by atoms with van der Waals surface area (Å²) in [4.78, 5) is 24.7. The largest absolute Gasteiger partial charge is 0.496 e. The number of anilines is 1. The molecule has 0 aliphatic rings. The summed E-state index contributed by atoms with van der Waals surface area (Å²) in [6.45, 7) is 0. The third-order valence-electron chi connectivity index (χ3n) is 4.93. The van der Waals surface area contributed by atoms with Crippen molar-refractivity contribution in [3.05, 3.63) is 84.4 Å². The number of rotatable bonds is 8. The first-order chi connectivity index (χ1) is 16.6. The molecule has 3 aromatic carbocycles. The van der Waals surface area contributed by atoms with Crippen LogP contribution in [-0.2, 0) is 9.53 Å². The van der Waals surface area contributed by atoms with E-state index in [1.807, 2.05) is 59.2 Å². The lowest BCUT2D eigenvalue weighted by molar-refractivity contribution is -0.113. The van der Waals surface area contributed by atoms with E-state index in [9.17, 15) is 9.59 Å². The summed E-state index contributed by atoms with van der Waals surface area (Å²) < 4.78 is 12.2. The van der Waals surface area contributed by atoms with Crippen LogP contribution in [0.5, 0.6) is 5.75 Å². The Morgan fingerprint density at radius 3 is 2.38 bits per heavy atom. The Balaban J connectivity index is 1.60. The number of hydrogen-bond acceptors (Lipinski definition) is 7. The molecule has 1 N–H and O–H groups in total. The standard InChI is InChI=1S/C25H22N4O4S/c1-32-21-15-9-7-13-19(21)23-27-28-25(29(23)17-10-4-3-5-11-17)34-16-22(30)26-20-14-8-6-12-18(20)24(31)33-2/h3-15H,16H2,1-2H3,(H,26,30). The van der Waals surface area contributed by atoms with E-state index in [-0.39, 0.29) is 17.2 Å². The van der Waals surface area contributed by atoms with Crippen molar-refractivity contribution in [2.24, 2.45) is 0 Å². The van der Waals surface area contributed by atoms with Gasteiger partial charge in [-0.15, -0.1) is 10.2 Å². The van der Waals surface area contributed by atoms with Crippen LogP contribution in [0.15, 0.2) is 84.0 Å². The van der Waals surface area contributed by atoms with E-state index < -0.39 is 5.97 Å². The summed E-state index contributed by atoms with van der Waals surface area (Å²) in [5, 5.41) is 12.1. The highest BCUT2D eigenvalue weighted by molar-refractivity contribution is 7.99. The van der Waals surface area contributed by atoms with Crippen LogP contribution in [0, 0.1) is 0 Å². The molecule has 1 aromatic heterocycles. The topological polar surface area (TPSA) is 95.3 Å². The molecule has 34 heavy (non-hydrogen) atoms. The monoisotopic (exact) mass is 474 g/mol. The van der Waals surface area contributed by atoms with Crippen molar-refractivity contribution in [2.75, 3.05) is 25.3 Å². The van der Waals surface area contributed by atoms with Crippen LogP contribution in [0.25, 0.3) is 17.1 Å². The average Bonchev–Trinajstić information content (AvgIpc) is 3.31. The molecule has 1 amide bonds. The molecule has 0 atom stereocenters. The minimum Gasteiger partial charge on any atom is -0.496 e. The van der Waals surface area contributed by atoms with Crippen LogP contribution in [0.2, 0.25) is 0 Å². The Kier molecular flexibility index (Phi) is 7.24. The van der Waals surface area contributed by atoms with Gasteiger partial charge in [0.1, 0.15) is 5.75 Å². The minimum absolute atomic E-state index is 0.0619. The van der Waals surface area contributed by atoms with Gasteiger partial charge in [0.15, 0.2) is 11.0 Å². The molecule has 0 bridgehead atoms. The molecule has 0 unspecified atom stereocenters. The number of aromatic nitrogens is 3. The Morgan fingerprint density at radius 2 is 1.62 bits per heavy atom. The van der Waals surface area contributed by atoms with E-state index in [0.29, 0.717) is 22.4 Å². The number of para-hydroxylation sites is 3. The van der Waals surface area contributed by atoms with Gasteiger partial charge in [-0.1, -0.05) is 54.2 Å². The minimum atomic E-state index is -0.520. The Labute approximate surface area is 200 Å². The summed E-state index contributed by atoms with van der Waals surface area (Å²) in [5.41, 5.74) is 2.31. The fraction of sp³-hybridized carbons (Fsp3) is 0.120. The summed E-state index contributed by atoms with van der Waals surface area (Å²) >= 11 is 1.24. The van der Waals surface area contributed by atoms with E-state index in [0.717, 1.165) is 11.3 Å². The van der Waals surface area contributed by atoms with Crippen molar-refractivity contribution >= 4 is 29.3 Å². The first kappa shape index (κ1) is 23.1. The molecule has 0 saturated heterocycles. The number of nitrogens with one attached hydrogen (secondary N) is 1. The molecule has 0 spiro atoms. The number of carbonyl (C=O) groups is 2. The van der Waals surface area contributed by atoms with Gasteiger partial charge in [-0.2, -0.15) is 0 Å². The number of esters is 1. The van der Waals surface area contributed by atoms with Crippen molar-refractivity contribution in [3.63, 3.8) is 0 Å². The highest BCUT2D eigenvalue weighted by Gasteiger charge is 2.20. The second-order valence-corrected chi connectivity index (χ2v) is 7.99. The van der Waals surface area contributed by atoms with Crippen molar-refractivity contribution in [1.82, 2.24) is 14.8 Å². The first-order valence-corrected chi connectivity index (χ1v) is 11.3. The quantitative estimate of drug-likeness (QED) is 0.298. The number of hydrogen-bond donors (Lipinski definition) is 1. The van der Waals surface area contributed by atoms with Gasteiger partial charge in [0.25, 0.3) is 0 Å². The van der Waals surface area contributed by atoms with Gasteiger partial charge in [0, 0.05) is 5.69 Å². The van der Waals surface area contributed by atoms with Gasteiger partial charge >= 0.3 is 5.97 Å². The van der Waals surface area contributed by atoms with Crippen LogP contribution in [0.4, 0.5) is 5.69 Å². The maximum absolute atomic E-state index is 12.7. The van der Waals surface area contributed by atoms with Gasteiger partial charge in [-0.25, -0.2) is 4.79 Å². The molecular formula is C25H22N4O4S. The predicted octanol–water partition coefficient (Wildman–Crippen LogP) is 4.46. The summed E-state index contributed by atoms with van der Waals surface area (Å²) in [6.07, 6.45) is 0. The highest BCUT2D eigenvalue weighted by Crippen LogP contribution is 2.33. The zero-order valence-electron chi connectivity index (χ0n) is 18.6. The zero-order valence-corrected chi connectivity index (χ0v) is 19.4. The molecule has 9 heteroatoms. The molecule has 0 aliphatic heterocycles. The maximum Gasteiger partial charge on any atom is 0.339 e. The van der Waals surface area contributed by atoms with Gasteiger partial charge in [-0.05, 0) is 36.4 Å². The van der Waals surface area contributed by atoms with Crippen molar-refractivity contribution in [2.45, 2.75) is 5.16 Å². The lowest BCUT2D eigenvalue weighted by Gasteiger charge is -2.12. The maximum atomic E-state index is 12.7. The van der Waals surface area contributed by atoms with Crippen molar-refractivity contribution in [1.29, 1.82) is 0 Å². The van der Waals surface area contributed by atoms with E-state index in [4.69, 9.17) is 9.47 Å². The van der Waals surface area contributed by atoms with Crippen molar-refractivity contribution < 1.29 is 19.1 Å². The molecule has 0 radical (unpaired) electrons. The molecule has 0 aliphatic carbocycles. The number of thioether (sulfide) groups is 1. The Hall–Kier alpha value is -4.11. The van der Waals surface area contributed by atoms with Gasteiger partial charge in [0.2, 0.25) is 5.91 Å². The third kappa shape index (κ3) is 4.94. The Bertz CT molecular complexity index is 1310. The van der Waals surface area contributed by atoms with Crippen molar-refractivity contribution in [3.8, 4) is 22.8 Å². The Morgan fingerprint density at radius 1 is 0.912 bits per heavy atom. The van der Waals surface area contributed by atoms with E-state index in [2.05, 4.69) is 15.5 Å². The van der Waals surface area contributed by atoms with E-state index >= 15 is 0 Å². The molecule has 172 valence electrons. The summed E-state index contributed by atoms with van der Waals surface area (Å²) in [6, 6.07) is 23.9. The summed E-state index contributed by atoms with van der Waals surface area (Å²) in [7, 11) is 2.90. The second-order valence-electron chi connectivity index (χ2n) is 7.05. The molecular weight excluding hydrogens is 452 g/mol. The molecule has 1 heterocycles. The van der Waals surface area contributed by atoms with Crippen LogP contribution in [-0.4, -0.2) is 46.6 Å². The lowest BCUT2D eigenvalue weighted by atomic mass is 10.2. The van der Waals surface area contributed by atoms with Gasteiger partial charge < -0.3 is 14.8 Å². The van der Waals surface area contributed by atoms with E-state index in [1.54, 1.807) is 31.4 Å². The predicted molar refractivity (Wildman–Crippen MR) is 130 cm³/mol. The number of benzene rings is 3.